The SMILES string of the molecule is CC(C)N(Cc1ccccc1)C(=O)C1CCC(C(=O)NCc2ccncc2)CC1. The molecule has 2 aromatic rings. The van der Waals surface area contributed by atoms with Gasteiger partial charge >= 0.3 is 0 Å². The van der Waals surface area contributed by atoms with Crippen molar-refractivity contribution in [3.63, 3.8) is 0 Å². The number of carbonyl (C=O) groups is 2. The number of pyridine rings is 1. The van der Waals surface area contributed by atoms with Crippen molar-refractivity contribution in [2.24, 2.45) is 11.8 Å². The zero-order valence-electron chi connectivity index (χ0n) is 17.4. The number of nitrogens with one attached hydrogen (secondary N) is 1. The molecule has 0 spiro atoms. The molecule has 1 fully saturated rings. The highest BCUT2D eigenvalue weighted by Crippen LogP contribution is 2.31. The van der Waals surface area contributed by atoms with E-state index in [0.29, 0.717) is 13.1 Å². The van der Waals surface area contributed by atoms with E-state index in [1.54, 1.807) is 12.4 Å². The lowest BCUT2D eigenvalue weighted by atomic mass is 9.80. The molecule has 1 N–H and O–H groups in total. The van der Waals surface area contributed by atoms with Gasteiger partial charge in [-0.2, -0.15) is 0 Å². The van der Waals surface area contributed by atoms with E-state index in [9.17, 15) is 9.59 Å². The van der Waals surface area contributed by atoms with Crippen molar-refractivity contribution < 1.29 is 9.59 Å². The first-order chi connectivity index (χ1) is 14.0. The monoisotopic (exact) mass is 393 g/mol. The Morgan fingerprint density at radius 2 is 1.59 bits per heavy atom. The normalized spacial score (nSPS) is 19.0. The molecule has 0 saturated heterocycles. The third kappa shape index (κ3) is 5.89. The van der Waals surface area contributed by atoms with Crippen LogP contribution in [-0.2, 0) is 22.7 Å². The molecule has 1 aliphatic carbocycles. The minimum absolute atomic E-state index is 0.00232. The van der Waals surface area contributed by atoms with Crippen LogP contribution in [0.15, 0.2) is 54.9 Å². The molecule has 2 amide bonds. The molecule has 0 unspecified atom stereocenters. The number of hydrogen-bond acceptors (Lipinski definition) is 3. The lowest BCUT2D eigenvalue weighted by molar-refractivity contribution is -0.140. The Kier molecular flexibility index (Phi) is 7.39. The van der Waals surface area contributed by atoms with Gasteiger partial charge in [-0.05, 0) is 62.8 Å². The van der Waals surface area contributed by atoms with Crippen LogP contribution in [0.3, 0.4) is 0 Å². The number of carbonyl (C=O) groups excluding carboxylic acids is 2. The first-order valence-corrected chi connectivity index (χ1v) is 10.6. The summed E-state index contributed by atoms with van der Waals surface area (Å²) < 4.78 is 0. The molecule has 1 aliphatic rings. The molecule has 0 bridgehead atoms. The lowest BCUT2D eigenvalue weighted by Crippen LogP contribution is -2.42. The topological polar surface area (TPSA) is 62.3 Å². The molecular formula is C24H31N3O2. The molecule has 1 aromatic carbocycles. The van der Waals surface area contributed by atoms with Gasteiger partial charge in [0.2, 0.25) is 11.8 Å². The summed E-state index contributed by atoms with van der Waals surface area (Å²) in [7, 11) is 0. The number of amides is 2. The summed E-state index contributed by atoms with van der Waals surface area (Å²) in [5, 5.41) is 3.02. The van der Waals surface area contributed by atoms with Crippen molar-refractivity contribution >= 4 is 11.8 Å². The molecule has 154 valence electrons. The molecule has 1 saturated carbocycles. The fourth-order valence-electron chi connectivity index (χ4n) is 3.97. The Morgan fingerprint density at radius 1 is 0.966 bits per heavy atom. The van der Waals surface area contributed by atoms with Gasteiger partial charge < -0.3 is 10.2 Å². The summed E-state index contributed by atoms with van der Waals surface area (Å²) in [5.74, 6) is 0.338. The molecule has 0 aliphatic heterocycles. The number of rotatable bonds is 7. The van der Waals surface area contributed by atoms with Gasteiger partial charge in [0.15, 0.2) is 0 Å². The fourth-order valence-corrected chi connectivity index (χ4v) is 3.97. The van der Waals surface area contributed by atoms with Gasteiger partial charge in [-0.3, -0.25) is 14.6 Å². The van der Waals surface area contributed by atoms with E-state index in [1.807, 2.05) is 35.2 Å². The molecule has 1 heterocycles. The lowest BCUT2D eigenvalue weighted by Gasteiger charge is -2.34. The van der Waals surface area contributed by atoms with Crippen molar-refractivity contribution in [2.75, 3.05) is 0 Å². The second kappa shape index (κ2) is 10.2. The summed E-state index contributed by atoms with van der Waals surface area (Å²) in [6.45, 7) is 5.31. The first-order valence-electron chi connectivity index (χ1n) is 10.6. The van der Waals surface area contributed by atoms with Gasteiger partial charge in [-0.1, -0.05) is 30.3 Å². The van der Waals surface area contributed by atoms with Crippen LogP contribution >= 0.6 is 0 Å². The Bertz CT molecular complexity index is 784. The van der Waals surface area contributed by atoms with Crippen molar-refractivity contribution in [3.8, 4) is 0 Å². The third-order valence-corrected chi connectivity index (χ3v) is 5.77. The second-order valence-corrected chi connectivity index (χ2v) is 8.17. The molecule has 0 radical (unpaired) electrons. The van der Waals surface area contributed by atoms with E-state index in [1.165, 1.54) is 0 Å². The van der Waals surface area contributed by atoms with Crippen molar-refractivity contribution in [2.45, 2.75) is 58.7 Å². The van der Waals surface area contributed by atoms with E-state index in [-0.39, 0.29) is 29.7 Å². The Morgan fingerprint density at radius 3 is 2.21 bits per heavy atom. The Hall–Kier alpha value is -2.69. The Labute approximate surface area is 173 Å². The minimum atomic E-state index is 0.00232. The van der Waals surface area contributed by atoms with Crippen molar-refractivity contribution in [1.29, 1.82) is 0 Å². The van der Waals surface area contributed by atoms with Crippen LogP contribution in [0.2, 0.25) is 0 Å². The van der Waals surface area contributed by atoms with Gasteiger partial charge in [-0.25, -0.2) is 0 Å². The van der Waals surface area contributed by atoms with Crippen LogP contribution in [0.5, 0.6) is 0 Å². The van der Waals surface area contributed by atoms with Gasteiger partial charge in [-0.15, -0.1) is 0 Å². The number of aromatic nitrogens is 1. The van der Waals surface area contributed by atoms with E-state index in [2.05, 4.69) is 36.3 Å². The smallest absolute Gasteiger partial charge is 0.226 e. The number of benzene rings is 1. The molecular weight excluding hydrogens is 362 g/mol. The molecule has 3 rings (SSSR count). The molecule has 5 heteroatoms. The van der Waals surface area contributed by atoms with Crippen LogP contribution in [0, 0.1) is 11.8 Å². The highest BCUT2D eigenvalue weighted by Gasteiger charge is 2.32. The van der Waals surface area contributed by atoms with Crippen LogP contribution in [0.4, 0.5) is 0 Å². The third-order valence-electron chi connectivity index (χ3n) is 5.77. The average molecular weight is 394 g/mol. The van der Waals surface area contributed by atoms with E-state index < -0.39 is 0 Å². The van der Waals surface area contributed by atoms with Crippen LogP contribution in [0.25, 0.3) is 0 Å². The maximum absolute atomic E-state index is 13.2. The first kappa shape index (κ1) is 21.0. The molecule has 29 heavy (non-hydrogen) atoms. The summed E-state index contributed by atoms with van der Waals surface area (Å²) in [4.78, 5) is 31.6. The van der Waals surface area contributed by atoms with Crippen molar-refractivity contribution in [3.05, 3.63) is 66.0 Å². The van der Waals surface area contributed by atoms with Gasteiger partial charge in [0.25, 0.3) is 0 Å². The molecule has 1 aromatic heterocycles. The van der Waals surface area contributed by atoms with E-state index in [4.69, 9.17) is 0 Å². The maximum Gasteiger partial charge on any atom is 0.226 e. The quantitative estimate of drug-likeness (QED) is 0.775. The zero-order valence-corrected chi connectivity index (χ0v) is 17.4. The largest absolute Gasteiger partial charge is 0.352 e. The van der Waals surface area contributed by atoms with Crippen LogP contribution in [0.1, 0.15) is 50.7 Å². The highest BCUT2D eigenvalue weighted by atomic mass is 16.2. The minimum Gasteiger partial charge on any atom is -0.352 e. The maximum atomic E-state index is 13.2. The summed E-state index contributed by atoms with van der Waals surface area (Å²) in [6, 6.07) is 14.1. The van der Waals surface area contributed by atoms with E-state index >= 15 is 0 Å². The standard InChI is InChI=1S/C24H31N3O2/c1-18(2)27(17-20-6-4-3-5-7-20)24(29)22-10-8-21(9-11-22)23(28)26-16-19-12-14-25-15-13-19/h3-7,12-15,18,21-22H,8-11,16-17H2,1-2H3,(H,26,28). The Balaban J connectivity index is 1.50. The predicted molar refractivity (Wildman–Crippen MR) is 114 cm³/mol. The van der Waals surface area contributed by atoms with Gasteiger partial charge in [0.1, 0.15) is 0 Å². The summed E-state index contributed by atoms with van der Waals surface area (Å²) >= 11 is 0. The fraction of sp³-hybridized carbons (Fsp3) is 0.458. The van der Waals surface area contributed by atoms with E-state index in [0.717, 1.165) is 36.8 Å². The predicted octanol–water partition coefficient (Wildman–Crippen LogP) is 3.94. The highest BCUT2D eigenvalue weighted by molar-refractivity contribution is 5.81. The molecule has 0 atom stereocenters. The van der Waals surface area contributed by atoms with Gasteiger partial charge in [0, 0.05) is 43.4 Å². The summed E-state index contributed by atoms with van der Waals surface area (Å²) in [5.41, 5.74) is 2.20. The van der Waals surface area contributed by atoms with Crippen LogP contribution in [-0.4, -0.2) is 27.7 Å². The average Bonchev–Trinajstić information content (AvgIpc) is 2.76. The number of nitrogens with zero attached hydrogens (tertiary/aromatic N) is 2. The van der Waals surface area contributed by atoms with Gasteiger partial charge in [0.05, 0.1) is 0 Å². The second-order valence-electron chi connectivity index (χ2n) is 8.17. The molecule has 5 nitrogen and oxygen atoms in total. The zero-order chi connectivity index (χ0) is 20.6. The summed E-state index contributed by atoms with van der Waals surface area (Å²) in [6.07, 6.45) is 6.57. The van der Waals surface area contributed by atoms with Crippen LogP contribution < -0.4 is 5.32 Å². The number of hydrogen-bond donors (Lipinski definition) is 1. The van der Waals surface area contributed by atoms with Crippen molar-refractivity contribution in [1.82, 2.24) is 15.2 Å².